The van der Waals surface area contributed by atoms with Crippen LogP contribution in [0.4, 0.5) is 25.2 Å². The van der Waals surface area contributed by atoms with Gasteiger partial charge in [0.1, 0.15) is 0 Å². The van der Waals surface area contributed by atoms with E-state index in [0.717, 1.165) is 4.76 Å². The molecule has 0 radical (unpaired) electrons. The van der Waals surface area contributed by atoms with E-state index in [-0.39, 0.29) is 0 Å². The third-order valence-electron chi connectivity index (χ3n) is 0.445. The van der Waals surface area contributed by atoms with Crippen molar-refractivity contribution in [2.45, 2.75) is 6.92 Å². The Kier molecular flexibility index (Phi) is 3.34. The van der Waals surface area contributed by atoms with Gasteiger partial charge in [-0.25, -0.2) is 0 Å². The number of hydrogen-bond donors (Lipinski definition) is 0. The SMILES string of the molecule is CC[N+](C)=O.F[P-](F)(F)(F)(F)F. The Morgan fingerprint density at radius 1 is 1.08 bits per heavy atom. The standard InChI is InChI=1S/C3H8NO.F6P/c1-3-4(2)5;1-7(2,3,4,5)6/h3H2,1-2H3;/q+1;-1. The Bertz CT molecular complexity index is 156. The van der Waals surface area contributed by atoms with E-state index in [1.54, 1.807) is 0 Å². The molecular formula is C3H8F6NOP. The number of nitroso groups, excluding NO2 is 1. The summed E-state index contributed by atoms with van der Waals surface area (Å²) in [4.78, 5) is 9.73. The first kappa shape index (κ1) is 14.2. The van der Waals surface area contributed by atoms with Crippen LogP contribution >= 0.6 is 7.81 Å². The van der Waals surface area contributed by atoms with Crippen molar-refractivity contribution < 1.29 is 29.9 Å². The molecule has 0 aromatic carbocycles. The van der Waals surface area contributed by atoms with E-state index < -0.39 is 7.81 Å². The fourth-order valence-corrected chi connectivity index (χ4v) is 0. The molecule has 0 saturated carbocycles. The van der Waals surface area contributed by atoms with Crippen LogP contribution in [0.15, 0.2) is 0 Å². The van der Waals surface area contributed by atoms with Gasteiger partial charge in [-0.3, -0.25) is 0 Å². The summed E-state index contributed by atoms with van der Waals surface area (Å²) in [5, 5.41) is 0. The van der Waals surface area contributed by atoms with Crippen LogP contribution in [-0.2, 0) is 0 Å². The molecule has 0 aliphatic carbocycles. The molecule has 0 aliphatic rings. The molecule has 0 amide bonds. The summed E-state index contributed by atoms with van der Waals surface area (Å²) >= 11 is 0. The zero-order chi connectivity index (χ0) is 10.7. The zero-order valence-electron chi connectivity index (χ0n) is 6.28. The molecule has 0 spiro atoms. The number of halogens is 6. The molecule has 78 valence electrons. The summed E-state index contributed by atoms with van der Waals surface area (Å²) in [6.45, 7) is 2.40. The van der Waals surface area contributed by atoms with Crippen molar-refractivity contribution in [2.24, 2.45) is 0 Å². The molecule has 0 aromatic heterocycles. The number of nitrogens with zero attached hydrogens (tertiary/aromatic N) is 1. The van der Waals surface area contributed by atoms with Gasteiger partial charge in [0.2, 0.25) is 0 Å². The van der Waals surface area contributed by atoms with Gasteiger partial charge in [0, 0.05) is 4.91 Å². The average Bonchev–Trinajstić information content (AvgIpc) is 1.56. The second-order valence-electron chi connectivity index (χ2n) is 1.90. The molecule has 0 N–H and O–H groups in total. The van der Waals surface area contributed by atoms with Crippen molar-refractivity contribution in [3.63, 3.8) is 0 Å². The maximum absolute atomic E-state index is 10.7. The van der Waals surface area contributed by atoms with Crippen LogP contribution in [0.1, 0.15) is 6.92 Å². The van der Waals surface area contributed by atoms with E-state index in [9.17, 15) is 30.1 Å². The molecule has 0 fully saturated rings. The quantitative estimate of drug-likeness (QED) is 0.373. The third kappa shape index (κ3) is 275. The Balaban J connectivity index is 0. The third-order valence-corrected chi connectivity index (χ3v) is 0.445. The summed E-state index contributed by atoms with van der Waals surface area (Å²) in [5.74, 6) is 0. The van der Waals surface area contributed by atoms with Crippen LogP contribution in [0.5, 0.6) is 0 Å². The van der Waals surface area contributed by atoms with Crippen LogP contribution in [0, 0.1) is 4.91 Å². The van der Waals surface area contributed by atoms with E-state index in [4.69, 9.17) is 0 Å². The predicted molar refractivity (Wildman–Crippen MR) is 33.7 cm³/mol. The van der Waals surface area contributed by atoms with Gasteiger partial charge in [-0.2, -0.15) is 0 Å². The monoisotopic (exact) mass is 219 g/mol. The summed E-state index contributed by atoms with van der Waals surface area (Å²) in [6, 6.07) is 0. The second kappa shape index (κ2) is 2.83. The Morgan fingerprint density at radius 2 is 1.17 bits per heavy atom. The summed E-state index contributed by atoms with van der Waals surface area (Å²) < 4.78 is 60.1. The molecular weight excluding hydrogens is 211 g/mol. The van der Waals surface area contributed by atoms with E-state index in [1.165, 1.54) is 7.05 Å². The van der Waals surface area contributed by atoms with Crippen molar-refractivity contribution >= 4 is 7.81 Å². The minimum absolute atomic E-state index is 0.583. The zero-order valence-corrected chi connectivity index (χ0v) is 7.17. The van der Waals surface area contributed by atoms with Gasteiger partial charge in [-0.1, -0.05) is 0 Å². The second-order valence-corrected chi connectivity index (χ2v) is 3.82. The first-order valence-corrected chi connectivity index (χ1v) is 4.70. The van der Waals surface area contributed by atoms with Crippen LogP contribution in [0.3, 0.4) is 0 Å². The Hall–Kier alpha value is -0.390. The molecule has 0 aromatic rings. The van der Waals surface area contributed by atoms with Gasteiger partial charge in [0.05, 0.1) is 0 Å². The molecule has 0 rings (SSSR count). The van der Waals surface area contributed by atoms with Gasteiger partial charge in [-0.15, -0.1) is 0 Å². The van der Waals surface area contributed by atoms with Crippen LogP contribution in [0.25, 0.3) is 0 Å². The van der Waals surface area contributed by atoms with Crippen LogP contribution < -0.4 is 0 Å². The minimum atomic E-state index is -10.7. The molecule has 2 nitrogen and oxygen atoms in total. The van der Waals surface area contributed by atoms with Crippen molar-refractivity contribution in [3.05, 3.63) is 4.91 Å². The van der Waals surface area contributed by atoms with Crippen molar-refractivity contribution in [1.29, 1.82) is 0 Å². The van der Waals surface area contributed by atoms with Gasteiger partial charge in [-0.05, 0) is 11.7 Å². The van der Waals surface area contributed by atoms with Gasteiger partial charge >= 0.3 is 33.0 Å². The number of hydrogen-bond acceptors (Lipinski definition) is 1. The number of rotatable bonds is 1. The molecule has 12 heavy (non-hydrogen) atoms. The van der Waals surface area contributed by atoms with E-state index in [2.05, 4.69) is 0 Å². The summed E-state index contributed by atoms with van der Waals surface area (Å²) in [7, 11) is -9.16. The predicted octanol–water partition coefficient (Wildman–Crippen LogP) is 3.80. The summed E-state index contributed by atoms with van der Waals surface area (Å²) in [6.07, 6.45) is 0. The normalized spacial score (nSPS) is 16.7. The molecule has 0 aliphatic heterocycles. The van der Waals surface area contributed by atoms with E-state index >= 15 is 0 Å². The molecule has 0 saturated heterocycles. The average molecular weight is 219 g/mol. The van der Waals surface area contributed by atoms with Gasteiger partial charge in [0.25, 0.3) is 0 Å². The molecule has 0 atom stereocenters. The fraction of sp³-hybridized carbons (Fsp3) is 1.00. The maximum atomic E-state index is 9.87. The van der Waals surface area contributed by atoms with E-state index in [0.29, 0.717) is 6.54 Å². The molecule has 0 bridgehead atoms. The molecule has 9 heteroatoms. The fourth-order valence-electron chi connectivity index (χ4n) is 0. The first-order valence-electron chi connectivity index (χ1n) is 2.67. The van der Waals surface area contributed by atoms with Crippen molar-refractivity contribution in [1.82, 2.24) is 0 Å². The Labute approximate surface area is 64.4 Å². The van der Waals surface area contributed by atoms with Crippen LogP contribution in [0.2, 0.25) is 0 Å². The van der Waals surface area contributed by atoms with E-state index in [1.807, 2.05) is 6.92 Å². The first-order chi connectivity index (χ1) is 4.72. The summed E-state index contributed by atoms with van der Waals surface area (Å²) in [5.41, 5.74) is 0. The molecule has 0 unspecified atom stereocenters. The molecule has 0 heterocycles. The van der Waals surface area contributed by atoms with Gasteiger partial charge in [0.15, 0.2) is 13.6 Å². The van der Waals surface area contributed by atoms with Crippen molar-refractivity contribution in [2.75, 3.05) is 13.6 Å². The van der Waals surface area contributed by atoms with Crippen LogP contribution in [-0.4, -0.2) is 18.4 Å². The van der Waals surface area contributed by atoms with Gasteiger partial charge < -0.3 is 0 Å². The topological polar surface area (TPSA) is 20.1 Å². The van der Waals surface area contributed by atoms with Crippen molar-refractivity contribution in [3.8, 4) is 0 Å². The Morgan fingerprint density at radius 3 is 1.17 bits per heavy atom.